The van der Waals surface area contributed by atoms with E-state index in [1.165, 1.54) is 6.42 Å². The molecule has 0 aliphatic heterocycles. The molecule has 0 radical (unpaired) electrons. The van der Waals surface area contributed by atoms with Crippen LogP contribution in [0.3, 0.4) is 0 Å². The third-order valence-electron chi connectivity index (χ3n) is 3.76. The number of sulfonamides is 1. The van der Waals surface area contributed by atoms with Crippen molar-refractivity contribution < 1.29 is 8.42 Å². The molecule has 102 valence electrons. The maximum absolute atomic E-state index is 12.0. The van der Waals surface area contributed by atoms with Crippen molar-refractivity contribution in [2.24, 2.45) is 5.41 Å². The number of nitrogens with zero attached hydrogens (tertiary/aromatic N) is 1. The smallest absolute Gasteiger partial charge is 0.214 e. The first-order chi connectivity index (χ1) is 8.94. The molecule has 0 amide bonds. The summed E-state index contributed by atoms with van der Waals surface area (Å²) in [5.74, 6) is -0.132. The van der Waals surface area contributed by atoms with Crippen LogP contribution < -0.4 is 4.72 Å². The molecule has 0 heterocycles. The molecular weight excluding hydrogens is 260 g/mol. The summed E-state index contributed by atoms with van der Waals surface area (Å²) in [5.41, 5.74) is 1.08. The van der Waals surface area contributed by atoms with Crippen molar-refractivity contribution in [1.82, 2.24) is 4.72 Å². The molecule has 1 fully saturated rings. The number of nitriles is 1. The SMILES string of the molecule is CC1(CNS(=O)(=O)Cc2ccccc2C#N)CCC1. The first kappa shape index (κ1) is 14.0. The lowest BCUT2D eigenvalue weighted by Gasteiger charge is -2.38. The Balaban J connectivity index is 2.03. The highest BCUT2D eigenvalue weighted by Gasteiger charge is 2.32. The number of hydrogen-bond acceptors (Lipinski definition) is 3. The van der Waals surface area contributed by atoms with Crippen LogP contribution in [0, 0.1) is 16.7 Å². The average Bonchev–Trinajstić information content (AvgIpc) is 2.34. The Morgan fingerprint density at radius 1 is 1.37 bits per heavy atom. The van der Waals surface area contributed by atoms with Gasteiger partial charge in [0.2, 0.25) is 10.0 Å². The normalized spacial score (nSPS) is 17.5. The average molecular weight is 278 g/mol. The Labute approximate surface area is 114 Å². The summed E-state index contributed by atoms with van der Waals surface area (Å²) >= 11 is 0. The molecular formula is C14H18N2O2S. The highest BCUT2D eigenvalue weighted by atomic mass is 32.2. The van der Waals surface area contributed by atoms with Gasteiger partial charge in [0.05, 0.1) is 17.4 Å². The largest absolute Gasteiger partial charge is 0.215 e. The van der Waals surface area contributed by atoms with Crippen LogP contribution in [0.2, 0.25) is 0 Å². The Bertz CT molecular complexity index is 598. The van der Waals surface area contributed by atoms with Gasteiger partial charge in [0.25, 0.3) is 0 Å². The Morgan fingerprint density at radius 2 is 2.05 bits per heavy atom. The van der Waals surface area contributed by atoms with Gasteiger partial charge in [-0.1, -0.05) is 31.5 Å². The van der Waals surface area contributed by atoms with Crippen LogP contribution in [0.4, 0.5) is 0 Å². The van der Waals surface area contributed by atoms with Crippen molar-refractivity contribution in [2.45, 2.75) is 31.9 Å². The fraction of sp³-hybridized carbons (Fsp3) is 0.500. The molecule has 5 heteroatoms. The van der Waals surface area contributed by atoms with Gasteiger partial charge >= 0.3 is 0 Å². The predicted octanol–water partition coefficient (Wildman–Crippen LogP) is 2.17. The summed E-state index contributed by atoms with van der Waals surface area (Å²) in [7, 11) is -3.38. The van der Waals surface area contributed by atoms with Gasteiger partial charge in [-0.25, -0.2) is 13.1 Å². The van der Waals surface area contributed by atoms with E-state index < -0.39 is 10.0 Å². The molecule has 0 spiro atoms. The van der Waals surface area contributed by atoms with E-state index in [0.717, 1.165) is 12.8 Å². The molecule has 1 aliphatic rings. The van der Waals surface area contributed by atoms with Gasteiger partial charge in [-0.3, -0.25) is 0 Å². The van der Waals surface area contributed by atoms with Crippen molar-refractivity contribution >= 4 is 10.0 Å². The van der Waals surface area contributed by atoms with Crippen molar-refractivity contribution in [1.29, 1.82) is 5.26 Å². The van der Waals surface area contributed by atoms with Crippen LogP contribution in [0.15, 0.2) is 24.3 Å². The highest BCUT2D eigenvalue weighted by Crippen LogP contribution is 2.39. The summed E-state index contributed by atoms with van der Waals surface area (Å²) < 4.78 is 26.7. The second-order valence-corrected chi connectivity index (χ2v) is 7.32. The van der Waals surface area contributed by atoms with Crippen molar-refractivity contribution in [3.63, 3.8) is 0 Å². The quantitative estimate of drug-likeness (QED) is 0.897. The molecule has 2 rings (SSSR count). The minimum atomic E-state index is -3.38. The standard InChI is InChI=1S/C14H18N2O2S/c1-14(7-4-8-14)11-16-19(17,18)10-13-6-3-2-5-12(13)9-15/h2-3,5-6,16H,4,7-8,10-11H2,1H3. The van der Waals surface area contributed by atoms with Crippen molar-refractivity contribution in [3.8, 4) is 6.07 Å². The Hall–Kier alpha value is -1.38. The molecule has 0 atom stereocenters. The number of benzene rings is 1. The van der Waals surface area contributed by atoms with Gasteiger partial charge in [-0.15, -0.1) is 0 Å². The Morgan fingerprint density at radius 3 is 2.63 bits per heavy atom. The lowest BCUT2D eigenvalue weighted by atomic mass is 9.71. The molecule has 1 aliphatic carbocycles. The van der Waals surface area contributed by atoms with Crippen molar-refractivity contribution in [3.05, 3.63) is 35.4 Å². The minimum absolute atomic E-state index is 0.113. The van der Waals surface area contributed by atoms with E-state index in [0.29, 0.717) is 17.7 Å². The second kappa shape index (κ2) is 5.32. The van der Waals surface area contributed by atoms with Crippen LogP contribution >= 0.6 is 0 Å². The van der Waals surface area contributed by atoms with E-state index in [9.17, 15) is 8.42 Å². The van der Waals surface area contributed by atoms with E-state index in [4.69, 9.17) is 5.26 Å². The summed E-state index contributed by atoms with van der Waals surface area (Å²) in [6.07, 6.45) is 3.32. The molecule has 0 saturated heterocycles. The van der Waals surface area contributed by atoms with Gasteiger partial charge in [0.1, 0.15) is 0 Å². The second-order valence-electron chi connectivity index (χ2n) is 5.51. The molecule has 1 saturated carbocycles. The van der Waals surface area contributed by atoms with Gasteiger partial charge in [-0.05, 0) is 29.9 Å². The zero-order valence-corrected chi connectivity index (χ0v) is 11.8. The lowest BCUT2D eigenvalue weighted by Crippen LogP contribution is -2.40. The number of hydrogen-bond donors (Lipinski definition) is 1. The van der Waals surface area contributed by atoms with E-state index in [2.05, 4.69) is 11.6 Å². The maximum Gasteiger partial charge on any atom is 0.215 e. The van der Waals surface area contributed by atoms with Crippen LogP contribution in [0.25, 0.3) is 0 Å². The van der Waals surface area contributed by atoms with Gasteiger partial charge in [0, 0.05) is 6.54 Å². The molecule has 0 bridgehead atoms. The highest BCUT2D eigenvalue weighted by molar-refractivity contribution is 7.88. The topological polar surface area (TPSA) is 70.0 Å². The predicted molar refractivity (Wildman–Crippen MR) is 73.7 cm³/mol. The third-order valence-corrected chi connectivity index (χ3v) is 5.04. The fourth-order valence-corrected chi connectivity index (χ4v) is 3.58. The lowest BCUT2D eigenvalue weighted by molar-refractivity contribution is 0.166. The van der Waals surface area contributed by atoms with Gasteiger partial charge in [0.15, 0.2) is 0 Å². The maximum atomic E-state index is 12.0. The van der Waals surface area contributed by atoms with Gasteiger partial charge < -0.3 is 0 Å². The zero-order chi connectivity index (χ0) is 13.9. The molecule has 1 N–H and O–H groups in total. The first-order valence-corrected chi connectivity index (χ1v) is 8.05. The molecule has 1 aromatic carbocycles. The molecule has 0 aromatic heterocycles. The van der Waals surface area contributed by atoms with Crippen LogP contribution in [0.5, 0.6) is 0 Å². The number of nitrogens with one attached hydrogen (secondary N) is 1. The van der Waals surface area contributed by atoms with Gasteiger partial charge in [-0.2, -0.15) is 5.26 Å². The molecule has 19 heavy (non-hydrogen) atoms. The minimum Gasteiger partial charge on any atom is -0.214 e. The van der Waals surface area contributed by atoms with E-state index in [-0.39, 0.29) is 11.2 Å². The summed E-state index contributed by atoms with van der Waals surface area (Å²) in [4.78, 5) is 0. The molecule has 4 nitrogen and oxygen atoms in total. The fourth-order valence-electron chi connectivity index (χ4n) is 2.25. The number of rotatable bonds is 5. The van der Waals surface area contributed by atoms with E-state index >= 15 is 0 Å². The summed E-state index contributed by atoms with van der Waals surface area (Å²) in [5, 5.41) is 8.96. The summed E-state index contributed by atoms with van der Waals surface area (Å²) in [6, 6.07) is 8.82. The van der Waals surface area contributed by atoms with E-state index in [1.54, 1.807) is 24.3 Å². The molecule has 1 aromatic rings. The third kappa shape index (κ3) is 3.55. The molecule has 0 unspecified atom stereocenters. The van der Waals surface area contributed by atoms with E-state index in [1.807, 2.05) is 6.07 Å². The van der Waals surface area contributed by atoms with Crippen LogP contribution in [-0.4, -0.2) is 15.0 Å². The van der Waals surface area contributed by atoms with Crippen LogP contribution in [0.1, 0.15) is 37.3 Å². The summed E-state index contributed by atoms with van der Waals surface area (Å²) in [6.45, 7) is 2.59. The van der Waals surface area contributed by atoms with Crippen molar-refractivity contribution in [2.75, 3.05) is 6.54 Å². The Kier molecular flexibility index (Phi) is 3.93. The monoisotopic (exact) mass is 278 g/mol. The first-order valence-electron chi connectivity index (χ1n) is 6.39. The zero-order valence-electron chi connectivity index (χ0n) is 11.0. The van der Waals surface area contributed by atoms with Crippen LogP contribution in [-0.2, 0) is 15.8 Å².